The predicted molar refractivity (Wildman–Crippen MR) is 101 cm³/mol. The maximum absolute atomic E-state index is 12.8. The first-order valence-corrected chi connectivity index (χ1v) is 9.13. The summed E-state index contributed by atoms with van der Waals surface area (Å²) in [7, 11) is 0. The van der Waals surface area contributed by atoms with Crippen LogP contribution in [0.4, 0.5) is 0 Å². The van der Waals surface area contributed by atoms with Gasteiger partial charge in [-0.15, -0.1) is 0 Å². The van der Waals surface area contributed by atoms with Gasteiger partial charge in [0.15, 0.2) is 0 Å². The Kier molecular flexibility index (Phi) is 4.97. The Morgan fingerprint density at radius 1 is 1.12 bits per heavy atom. The molecular weight excluding hydrogens is 326 g/mol. The molecule has 4 rings (SSSR count). The van der Waals surface area contributed by atoms with Crippen molar-refractivity contribution in [3.8, 4) is 0 Å². The van der Waals surface area contributed by atoms with Crippen molar-refractivity contribution in [3.05, 3.63) is 66.5 Å². The van der Waals surface area contributed by atoms with Crippen molar-refractivity contribution in [2.24, 2.45) is 0 Å². The van der Waals surface area contributed by atoms with Crippen molar-refractivity contribution in [1.82, 2.24) is 14.5 Å². The van der Waals surface area contributed by atoms with Crippen molar-refractivity contribution in [3.63, 3.8) is 0 Å². The first-order valence-electron chi connectivity index (χ1n) is 9.13. The van der Waals surface area contributed by atoms with Crippen molar-refractivity contribution in [1.29, 1.82) is 0 Å². The highest BCUT2D eigenvalue weighted by atomic mass is 16.5. The quantitative estimate of drug-likeness (QED) is 0.712. The lowest BCUT2D eigenvalue weighted by molar-refractivity contribution is -0.139. The molecule has 3 aromatic rings. The third kappa shape index (κ3) is 3.78. The van der Waals surface area contributed by atoms with Crippen LogP contribution in [0.2, 0.25) is 0 Å². The molecule has 1 atom stereocenters. The molecule has 5 nitrogen and oxygen atoms in total. The van der Waals surface area contributed by atoms with E-state index in [1.807, 2.05) is 39.8 Å². The van der Waals surface area contributed by atoms with Crippen molar-refractivity contribution < 1.29 is 9.53 Å². The number of rotatable bonds is 5. The van der Waals surface area contributed by atoms with Gasteiger partial charge < -0.3 is 14.2 Å². The first kappa shape index (κ1) is 16.8. The Morgan fingerprint density at radius 3 is 2.81 bits per heavy atom. The van der Waals surface area contributed by atoms with E-state index in [-0.39, 0.29) is 12.0 Å². The van der Waals surface area contributed by atoms with E-state index in [1.165, 1.54) is 5.56 Å². The summed E-state index contributed by atoms with van der Waals surface area (Å²) in [4.78, 5) is 19.0. The van der Waals surface area contributed by atoms with Gasteiger partial charge in [0.2, 0.25) is 5.91 Å². The van der Waals surface area contributed by atoms with E-state index in [1.54, 1.807) is 6.33 Å². The molecule has 0 spiro atoms. The number of benzene rings is 2. The minimum atomic E-state index is 0.104. The minimum absolute atomic E-state index is 0.104. The van der Waals surface area contributed by atoms with Crippen LogP contribution in [0.1, 0.15) is 12.0 Å². The largest absolute Gasteiger partial charge is 0.375 e. The molecule has 2 heterocycles. The number of hydrogen-bond donors (Lipinski definition) is 0. The molecule has 1 aliphatic heterocycles. The Balaban J connectivity index is 1.35. The third-order valence-corrected chi connectivity index (χ3v) is 4.92. The zero-order valence-corrected chi connectivity index (χ0v) is 14.8. The molecule has 2 aromatic carbocycles. The lowest BCUT2D eigenvalue weighted by Gasteiger charge is -2.33. The molecule has 1 aliphatic rings. The molecular formula is C21H23N3O2. The monoisotopic (exact) mass is 349 g/mol. The van der Waals surface area contributed by atoms with Gasteiger partial charge in [-0.1, -0.05) is 42.5 Å². The Hall–Kier alpha value is -2.66. The van der Waals surface area contributed by atoms with Gasteiger partial charge in [-0.2, -0.15) is 0 Å². The maximum Gasteiger partial charge on any atom is 0.242 e. The second-order valence-electron chi connectivity index (χ2n) is 6.72. The second kappa shape index (κ2) is 7.70. The van der Waals surface area contributed by atoms with E-state index >= 15 is 0 Å². The van der Waals surface area contributed by atoms with Gasteiger partial charge in [-0.05, 0) is 30.5 Å². The second-order valence-corrected chi connectivity index (χ2v) is 6.72. The average Bonchev–Trinajstić information content (AvgIpc) is 3.10. The van der Waals surface area contributed by atoms with Gasteiger partial charge in [-0.25, -0.2) is 4.98 Å². The average molecular weight is 349 g/mol. The predicted octanol–water partition coefficient (Wildman–Crippen LogP) is 2.90. The van der Waals surface area contributed by atoms with Crippen LogP contribution >= 0.6 is 0 Å². The molecule has 1 unspecified atom stereocenters. The van der Waals surface area contributed by atoms with Crippen molar-refractivity contribution in [2.75, 3.05) is 19.7 Å². The number of aryl methyl sites for hydroxylation is 1. The van der Waals surface area contributed by atoms with Gasteiger partial charge in [-0.3, -0.25) is 4.79 Å². The molecule has 26 heavy (non-hydrogen) atoms. The minimum Gasteiger partial charge on any atom is -0.375 e. The maximum atomic E-state index is 12.8. The van der Waals surface area contributed by atoms with Gasteiger partial charge in [0, 0.05) is 13.1 Å². The van der Waals surface area contributed by atoms with Crippen LogP contribution in [0.5, 0.6) is 0 Å². The van der Waals surface area contributed by atoms with E-state index < -0.39 is 0 Å². The van der Waals surface area contributed by atoms with Gasteiger partial charge in [0.25, 0.3) is 0 Å². The summed E-state index contributed by atoms with van der Waals surface area (Å²) in [6, 6.07) is 18.3. The Morgan fingerprint density at radius 2 is 1.92 bits per heavy atom. The highest BCUT2D eigenvalue weighted by molar-refractivity contribution is 5.80. The van der Waals surface area contributed by atoms with Crippen LogP contribution < -0.4 is 0 Å². The molecule has 0 aliphatic carbocycles. The van der Waals surface area contributed by atoms with E-state index in [0.29, 0.717) is 26.2 Å². The summed E-state index contributed by atoms with van der Waals surface area (Å²) in [5, 5.41) is 0. The number of imidazole rings is 1. The number of fused-ring (bicyclic) bond motifs is 1. The van der Waals surface area contributed by atoms with Crippen LogP contribution in [-0.4, -0.2) is 46.2 Å². The Bertz CT molecular complexity index is 875. The summed E-state index contributed by atoms with van der Waals surface area (Å²) in [5.41, 5.74) is 3.22. The van der Waals surface area contributed by atoms with E-state index in [9.17, 15) is 4.79 Å². The first-order chi connectivity index (χ1) is 12.8. The summed E-state index contributed by atoms with van der Waals surface area (Å²) < 4.78 is 7.80. The molecule has 5 heteroatoms. The molecule has 134 valence electrons. The van der Waals surface area contributed by atoms with Crippen LogP contribution in [-0.2, 0) is 22.5 Å². The van der Waals surface area contributed by atoms with Gasteiger partial charge >= 0.3 is 0 Å². The SMILES string of the molecule is O=C(Cn1cnc2ccccc21)N1CCOC(CCc2ccccc2)C1. The highest BCUT2D eigenvalue weighted by Gasteiger charge is 2.24. The fourth-order valence-electron chi connectivity index (χ4n) is 3.47. The normalized spacial score (nSPS) is 17.5. The topological polar surface area (TPSA) is 47.4 Å². The molecule has 1 aromatic heterocycles. The zero-order chi connectivity index (χ0) is 17.8. The van der Waals surface area contributed by atoms with E-state index in [0.717, 1.165) is 23.9 Å². The third-order valence-electron chi connectivity index (χ3n) is 4.92. The number of hydrogen-bond acceptors (Lipinski definition) is 3. The summed E-state index contributed by atoms with van der Waals surface area (Å²) >= 11 is 0. The number of amides is 1. The van der Waals surface area contributed by atoms with Gasteiger partial charge in [0.05, 0.1) is 30.1 Å². The van der Waals surface area contributed by atoms with Crippen LogP contribution in [0, 0.1) is 0 Å². The number of aromatic nitrogens is 2. The summed E-state index contributed by atoms with van der Waals surface area (Å²) in [6.45, 7) is 2.26. The van der Waals surface area contributed by atoms with E-state index in [2.05, 4.69) is 29.2 Å². The molecule has 1 amide bonds. The van der Waals surface area contributed by atoms with Crippen LogP contribution in [0.15, 0.2) is 60.9 Å². The van der Waals surface area contributed by atoms with Crippen molar-refractivity contribution >= 4 is 16.9 Å². The molecule has 1 saturated heterocycles. The number of carbonyl (C=O) groups excluding carboxylic acids is 1. The number of para-hydroxylation sites is 2. The van der Waals surface area contributed by atoms with E-state index in [4.69, 9.17) is 4.74 Å². The molecule has 0 bridgehead atoms. The van der Waals surface area contributed by atoms with Crippen molar-refractivity contribution in [2.45, 2.75) is 25.5 Å². The number of nitrogens with zero attached hydrogens (tertiary/aromatic N) is 3. The fraction of sp³-hybridized carbons (Fsp3) is 0.333. The lowest BCUT2D eigenvalue weighted by Crippen LogP contribution is -2.46. The molecule has 0 radical (unpaired) electrons. The molecule has 1 fully saturated rings. The molecule has 0 N–H and O–H groups in total. The van der Waals surface area contributed by atoms with Gasteiger partial charge in [0.1, 0.15) is 6.54 Å². The van der Waals surface area contributed by atoms with Crippen LogP contribution in [0.3, 0.4) is 0 Å². The number of ether oxygens (including phenoxy) is 1. The standard InChI is InChI=1S/C21H23N3O2/c25-21(15-24-16-22-19-8-4-5-9-20(19)24)23-12-13-26-18(14-23)11-10-17-6-2-1-3-7-17/h1-9,16,18H,10-15H2. The zero-order valence-electron chi connectivity index (χ0n) is 14.8. The Labute approximate surface area is 153 Å². The fourth-order valence-corrected chi connectivity index (χ4v) is 3.47. The number of morpholine rings is 1. The molecule has 0 saturated carbocycles. The lowest BCUT2D eigenvalue weighted by atomic mass is 10.1. The summed E-state index contributed by atoms with van der Waals surface area (Å²) in [5.74, 6) is 0.126. The summed E-state index contributed by atoms with van der Waals surface area (Å²) in [6.07, 6.45) is 3.75. The van der Waals surface area contributed by atoms with Crippen LogP contribution in [0.25, 0.3) is 11.0 Å². The number of carbonyl (C=O) groups is 1. The highest BCUT2D eigenvalue weighted by Crippen LogP contribution is 2.15. The smallest absolute Gasteiger partial charge is 0.242 e.